The molecule has 1 saturated heterocycles. The number of anilines is 1. The number of nitrogens with zero attached hydrogens (tertiary/aromatic N) is 2. The minimum Gasteiger partial charge on any atom is -0.378 e. The molecule has 1 fully saturated rings. The lowest BCUT2D eigenvalue weighted by atomic mass is 10.0. The monoisotopic (exact) mass is 247 g/mol. The predicted octanol–water partition coefficient (Wildman–Crippen LogP) is 2.07. The zero-order valence-electron chi connectivity index (χ0n) is 11.6. The number of nitrogens with two attached hydrogens (primary N) is 1. The van der Waals surface area contributed by atoms with Crippen molar-refractivity contribution < 1.29 is 0 Å². The SMILES string of the molecule is CN(C)c1cccc(CN2CCCC[C@@H]2CN)c1. The summed E-state index contributed by atoms with van der Waals surface area (Å²) in [5.74, 6) is 0. The first kappa shape index (κ1) is 13.4. The van der Waals surface area contributed by atoms with Crippen LogP contribution in [0.3, 0.4) is 0 Å². The minimum atomic E-state index is 0.571. The second kappa shape index (κ2) is 6.21. The molecule has 0 aromatic heterocycles. The number of hydrogen-bond acceptors (Lipinski definition) is 3. The van der Waals surface area contributed by atoms with E-state index in [9.17, 15) is 0 Å². The third kappa shape index (κ3) is 3.24. The highest BCUT2D eigenvalue weighted by Crippen LogP contribution is 2.21. The maximum absolute atomic E-state index is 5.88. The molecule has 3 nitrogen and oxygen atoms in total. The van der Waals surface area contributed by atoms with Gasteiger partial charge < -0.3 is 10.6 Å². The van der Waals surface area contributed by atoms with Crippen LogP contribution in [0.5, 0.6) is 0 Å². The van der Waals surface area contributed by atoms with E-state index < -0.39 is 0 Å². The van der Waals surface area contributed by atoms with Crippen molar-refractivity contribution in [1.82, 2.24) is 4.90 Å². The van der Waals surface area contributed by atoms with Crippen molar-refractivity contribution in [2.45, 2.75) is 31.8 Å². The minimum absolute atomic E-state index is 0.571. The van der Waals surface area contributed by atoms with Gasteiger partial charge in [0.2, 0.25) is 0 Å². The van der Waals surface area contributed by atoms with Crippen LogP contribution in [0.25, 0.3) is 0 Å². The maximum Gasteiger partial charge on any atom is 0.0364 e. The van der Waals surface area contributed by atoms with Gasteiger partial charge in [-0.2, -0.15) is 0 Å². The van der Waals surface area contributed by atoms with Crippen LogP contribution in [0.4, 0.5) is 5.69 Å². The number of hydrogen-bond donors (Lipinski definition) is 1. The van der Waals surface area contributed by atoms with Crippen molar-refractivity contribution in [1.29, 1.82) is 0 Å². The largest absolute Gasteiger partial charge is 0.378 e. The molecule has 1 atom stereocenters. The molecule has 1 aromatic carbocycles. The lowest BCUT2D eigenvalue weighted by Crippen LogP contribution is -2.43. The second-order valence-corrected chi connectivity index (χ2v) is 5.42. The molecule has 0 spiro atoms. The summed E-state index contributed by atoms with van der Waals surface area (Å²) < 4.78 is 0. The van der Waals surface area contributed by atoms with Gasteiger partial charge in [0.25, 0.3) is 0 Å². The Kier molecular flexibility index (Phi) is 4.61. The lowest BCUT2D eigenvalue weighted by molar-refractivity contribution is 0.145. The Labute approximate surface area is 111 Å². The summed E-state index contributed by atoms with van der Waals surface area (Å²) in [7, 11) is 4.17. The Bertz CT molecular complexity index is 376. The number of piperidine rings is 1. The van der Waals surface area contributed by atoms with Crippen LogP contribution >= 0.6 is 0 Å². The van der Waals surface area contributed by atoms with Crippen molar-refractivity contribution in [3.05, 3.63) is 29.8 Å². The Balaban J connectivity index is 2.05. The normalized spacial score (nSPS) is 20.9. The van der Waals surface area contributed by atoms with Gasteiger partial charge in [0.05, 0.1) is 0 Å². The maximum atomic E-state index is 5.88. The number of rotatable bonds is 4. The quantitative estimate of drug-likeness (QED) is 0.884. The molecule has 1 aliphatic rings. The predicted molar refractivity (Wildman–Crippen MR) is 77.9 cm³/mol. The van der Waals surface area contributed by atoms with Gasteiger partial charge >= 0.3 is 0 Å². The first-order valence-electron chi connectivity index (χ1n) is 6.91. The molecule has 100 valence electrons. The van der Waals surface area contributed by atoms with Gasteiger partial charge in [-0.05, 0) is 37.1 Å². The average Bonchev–Trinajstić information content (AvgIpc) is 2.39. The summed E-state index contributed by atoms with van der Waals surface area (Å²) in [6, 6.07) is 9.37. The van der Waals surface area contributed by atoms with Gasteiger partial charge in [0.1, 0.15) is 0 Å². The highest BCUT2D eigenvalue weighted by molar-refractivity contribution is 5.47. The highest BCUT2D eigenvalue weighted by atomic mass is 15.2. The summed E-state index contributed by atoms with van der Waals surface area (Å²) in [5.41, 5.74) is 8.54. The average molecular weight is 247 g/mol. The van der Waals surface area contributed by atoms with E-state index in [2.05, 4.69) is 48.2 Å². The van der Waals surface area contributed by atoms with Crippen LogP contribution in [0.15, 0.2) is 24.3 Å². The molecule has 0 saturated carbocycles. The third-order valence-electron chi connectivity index (χ3n) is 3.83. The molecule has 2 rings (SSSR count). The van der Waals surface area contributed by atoms with E-state index in [1.165, 1.54) is 37.1 Å². The van der Waals surface area contributed by atoms with E-state index in [-0.39, 0.29) is 0 Å². The Morgan fingerprint density at radius 2 is 2.17 bits per heavy atom. The molecule has 3 heteroatoms. The Hall–Kier alpha value is -1.06. The van der Waals surface area contributed by atoms with Crippen LogP contribution in [-0.4, -0.2) is 38.1 Å². The molecular weight excluding hydrogens is 222 g/mol. The van der Waals surface area contributed by atoms with Gasteiger partial charge in [0.15, 0.2) is 0 Å². The summed E-state index contributed by atoms with van der Waals surface area (Å²) in [4.78, 5) is 4.69. The van der Waals surface area contributed by atoms with Crippen LogP contribution in [0, 0.1) is 0 Å². The van der Waals surface area contributed by atoms with Crippen molar-refractivity contribution in [2.24, 2.45) is 5.73 Å². The van der Waals surface area contributed by atoms with E-state index in [1.807, 2.05) is 0 Å². The fourth-order valence-corrected chi connectivity index (χ4v) is 2.70. The summed E-state index contributed by atoms with van der Waals surface area (Å²) in [6.45, 7) is 3.00. The molecule has 0 aliphatic carbocycles. The standard InChI is InChI=1S/C15H25N3/c1-17(2)14-8-5-6-13(10-14)12-18-9-4-3-7-15(18)11-16/h5-6,8,10,15H,3-4,7,9,11-12,16H2,1-2H3/t15-/m1/s1. The first-order chi connectivity index (χ1) is 8.70. The van der Waals surface area contributed by atoms with Crippen molar-refractivity contribution in [3.8, 4) is 0 Å². The summed E-state index contributed by atoms with van der Waals surface area (Å²) >= 11 is 0. The van der Waals surface area contributed by atoms with Gasteiger partial charge in [-0.1, -0.05) is 18.6 Å². The van der Waals surface area contributed by atoms with Crippen LogP contribution in [0.1, 0.15) is 24.8 Å². The van der Waals surface area contributed by atoms with E-state index in [0.29, 0.717) is 6.04 Å². The third-order valence-corrected chi connectivity index (χ3v) is 3.83. The summed E-state index contributed by atoms with van der Waals surface area (Å²) in [5, 5.41) is 0. The van der Waals surface area contributed by atoms with E-state index in [4.69, 9.17) is 5.73 Å². The molecule has 0 bridgehead atoms. The lowest BCUT2D eigenvalue weighted by Gasteiger charge is -2.35. The Morgan fingerprint density at radius 1 is 1.33 bits per heavy atom. The number of likely N-dealkylation sites (tertiary alicyclic amines) is 1. The Morgan fingerprint density at radius 3 is 2.89 bits per heavy atom. The van der Waals surface area contributed by atoms with Crippen molar-refractivity contribution in [2.75, 3.05) is 32.1 Å². The van der Waals surface area contributed by atoms with E-state index in [1.54, 1.807) is 0 Å². The van der Waals surface area contributed by atoms with Gasteiger partial charge in [-0.25, -0.2) is 0 Å². The first-order valence-corrected chi connectivity index (χ1v) is 6.91. The molecule has 1 heterocycles. The van der Waals surface area contributed by atoms with Crippen molar-refractivity contribution in [3.63, 3.8) is 0 Å². The zero-order valence-corrected chi connectivity index (χ0v) is 11.6. The van der Waals surface area contributed by atoms with Crippen LogP contribution < -0.4 is 10.6 Å². The van der Waals surface area contributed by atoms with Crippen molar-refractivity contribution >= 4 is 5.69 Å². The topological polar surface area (TPSA) is 32.5 Å². The number of benzene rings is 1. The fraction of sp³-hybridized carbons (Fsp3) is 0.600. The molecule has 1 aromatic rings. The molecule has 0 unspecified atom stereocenters. The van der Waals surface area contributed by atoms with E-state index >= 15 is 0 Å². The summed E-state index contributed by atoms with van der Waals surface area (Å²) in [6.07, 6.45) is 3.89. The van der Waals surface area contributed by atoms with Gasteiger partial charge in [-0.15, -0.1) is 0 Å². The van der Waals surface area contributed by atoms with Gasteiger partial charge in [0, 0.05) is 38.9 Å². The van der Waals surface area contributed by atoms with Crippen LogP contribution in [-0.2, 0) is 6.54 Å². The molecular formula is C15H25N3. The fourth-order valence-electron chi connectivity index (χ4n) is 2.70. The van der Waals surface area contributed by atoms with Crippen LogP contribution in [0.2, 0.25) is 0 Å². The zero-order chi connectivity index (χ0) is 13.0. The van der Waals surface area contributed by atoms with E-state index in [0.717, 1.165) is 13.1 Å². The molecule has 0 radical (unpaired) electrons. The molecule has 1 aliphatic heterocycles. The van der Waals surface area contributed by atoms with Gasteiger partial charge in [-0.3, -0.25) is 4.90 Å². The second-order valence-electron chi connectivity index (χ2n) is 5.42. The highest BCUT2D eigenvalue weighted by Gasteiger charge is 2.20. The smallest absolute Gasteiger partial charge is 0.0364 e. The molecule has 0 amide bonds. The molecule has 2 N–H and O–H groups in total. The molecule has 18 heavy (non-hydrogen) atoms.